The fourth-order valence-electron chi connectivity index (χ4n) is 1.62. The Labute approximate surface area is 107 Å². The minimum absolute atomic E-state index is 0.0874. The van der Waals surface area contributed by atoms with Crippen LogP contribution in [0.15, 0.2) is 48.5 Å². The van der Waals surface area contributed by atoms with Gasteiger partial charge in [-0.15, -0.1) is 0 Å². The first-order chi connectivity index (χ1) is 8.65. The van der Waals surface area contributed by atoms with Crippen LogP contribution in [0.1, 0.15) is 21.5 Å². The molecule has 2 aromatic carbocycles. The third kappa shape index (κ3) is 3.10. The Hall–Kier alpha value is -2.29. The van der Waals surface area contributed by atoms with E-state index in [0.717, 1.165) is 5.56 Å². The molecule has 3 nitrogen and oxygen atoms in total. The summed E-state index contributed by atoms with van der Waals surface area (Å²) in [7, 11) is 0. The molecule has 0 fully saturated rings. The third-order valence-corrected chi connectivity index (χ3v) is 2.75. The first-order valence-corrected chi connectivity index (χ1v) is 5.84. The van der Waals surface area contributed by atoms with E-state index in [1.165, 1.54) is 5.56 Å². The summed E-state index contributed by atoms with van der Waals surface area (Å²) in [5, 5.41) is 2.87. The highest BCUT2D eigenvalue weighted by Crippen LogP contribution is 2.06. The van der Waals surface area contributed by atoms with Gasteiger partial charge in [0.15, 0.2) is 0 Å². The molecule has 0 aromatic heterocycles. The summed E-state index contributed by atoms with van der Waals surface area (Å²) in [5.74, 6) is -0.0874. The monoisotopic (exact) mass is 240 g/mol. The number of anilines is 1. The van der Waals surface area contributed by atoms with Crippen LogP contribution in [0.25, 0.3) is 0 Å². The van der Waals surface area contributed by atoms with Crippen molar-refractivity contribution in [3.8, 4) is 0 Å². The molecular weight excluding hydrogens is 224 g/mol. The maximum Gasteiger partial charge on any atom is 0.251 e. The lowest BCUT2D eigenvalue weighted by molar-refractivity contribution is 0.0951. The molecule has 92 valence electrons. The molecule has 0 saturated heterocycles. The molecule has 0 aliphatic carbocycles. The van der Waals surface area contributed by atoms with Gasteiger partial charge in [0.25, 0.3) is 5.91 Å². The van der Waals surface area contributed by atoms with Gasteiger partial charge in [0.1, 0.15) is 0 Å². The molecule has 2 rings (SSSR count). The first kappa shape index (κ1) is 12.2. The number of hydrogen-bond donors (Lipinski definition) is 2. The summed E-state index contributed by atoms with van der Waals surface area (Å²) in [4.78, 5) is 11.8. The Morgan fingerprint density at radius 1 is 1.06 bits per heavy atom. The fraction of sp³-hybridized carbons (Fsp3) is 0.133. The van der Waals surface area contributed by atoms with Crippen molar-refractivity contribution in [1.29, 1.82) is 0 Å². The van der Waals surface area contributed by atoms with Gasteiger partial charge in [-0.3, -0.25) is 4.79 Å². The van der Waals surface area contributed by atoms with E-state index in [2.05, 4.69) is 5.32 Å². The number of aryl methyl sites for hydroxylation is 1. The molecule has 2 aromatic rings. The van der Waals surface area contributed by atoms with Crippen molar-refractivity contribution in [2.45, 2.75) is 13.5 Å². The summed E-state index contributed by atoms with van der Waals surface area (Å²) < 4.78 is 0. The molecule has 0 bridgehead atoms. The number of hydrogen-bond acceptors (Lipinski definition) is 2. The Morgan fingerprint density at radius 2 is 1.67 bits per heavy atom. The predicted molar refractivity (Wildman–Crippen MR) is 73.2 cm³/mol. The highest BCUT2D eigenvalue weighted by Gasteiger charge is 2.04. The van der Waals surface area contributed by atoms with Crippen LogP contribution in [0.5, 0.6) is 0 Å². The van der Waals surface area contributed by atoms with E-state index in [4.69, 9.17) is 5.73 Å². The highest BCUT2D eigenvalue weighted by atomic mass is 16.1. The van der Waals surface area contributed by atoms with E-state index >= 15 is 0 Å². The van der Waals surface area contributed by atoms with Crippen molar-refractivity contribution in [1.82, 2.24) is 5.32 Å². The van der Waals surface area contributed by atoms with Gasteiger partial charge >= 0.3 is 0 Å². The molecule has 0 spiro atoms. The Morgan fingerprint density at radius 3 is 2.28 bits per heavy atom. The third-order valence-electron chi connectivity index (χ3n) is 2.75. The topological polar surface area (TPSA) is 55.1 Å². The number of carbonyl (C=O) groups excluding carboxylic acids is 1. The summed E-state index contributed by atoms with van der Waals surface area (Å²) in [5.41, 5.74) is 9.15. The molecule has 0 heterocycles. The van der Waals surface area contributed by atoms with Crippen LogP contribution in [0.3, 0.4) is 0 Å². The van der Waals surface area contributed by atoms with Crippen molar-refractivity contribution < 1.29 is 4.79 Å². The second-order valence-corrected chi connectivity index (χ2v) is 4.29. The second-order valence-electron chi connectivity index (χ2n) is 4.29. The molecule has 0 unspecified atom stereocenters. The Kier molecular flexibility index (Phi) is 3.63. The van der Waals surface area contributed by atoms with Crippen LogP contribution in [0.4, 0.5) is 5.69 Å². The molecule has 3 heteroatoms. The number of carbonyl (C=O) groups is 1. The van der Waals surface area contributed by atoms with E-state index < -0.39 is 0 Å². The van der Waals surface area contributed by atoms with Gasteiger partial charge < -0.3 is 11.1 Å². The lowest BCUT2D eigenvalue weighted by atomic mass is 10.1. The zero-order valence-electron chi connectivity index (χ0n) is 10.3. The Balaban J connectivity index is 1.96. The van der Waals surface area contributed by atoms with E-state index in [9.17, 15) is 4.79 Å². The fourth-order valence-corrected chi connectivity index (χ4v) is 1.62. The largest absolute Gasteiger partial charge is 0.399 e. The summed E-state index contributed by atoms with van der Waals surface area (Å²) in [6, 6.07) is 15.0. The standard InChI is InChI=1S/C15H16N2O/c1-11-2-4-12(5-3-11)10-17-15(18)13-6-8-14(16)9-7-13/h2-9H,10,16H2,1H3,(H,17,18). The van der Waals surface area contributed by atoms with Gasteiger partial charge in [0.2, 0.25) is 0 Å². The highest BCUT2D eigenvalue weighted by molar-refractivity contribution is 5.94. The van der Waals surface area contributed by atoms with Gasteiger partial charge in [-0.2, -0.15) is 0 Å². The summed E-state index contributed by atoms with van der Waals surface area (Å²) >= 11 is 0. The van der Waals surface area contributed by atoms with Crippen LogP contribution in [-0.2, 0) is 6.54 Å². The number of nitrogens with two attached hydrogens (primary N) is 1. The van der Waals surface area contributed by atoms with Gasteiger partial charge in [-0.25, -0.2) is 0 Å². The number of rotatable bonds is 3. The van der Waals surface area contributed by atoms with Gasteiger partial charge in [0.05, 0.1) is 0 Å². The molecule has 18 heavy (non-hydrogen) atoms. The van der Waals surface area contributed by atoms with Crippen molar-refractivity contribution in [2.75, 3.05) is 5.73 Å². The van der Waals surface area contributed by atoms with Crippen LogP contribution >= 0.6 is 0 Å². The van der Waals surface area contributed by atoms with E-state index in [1.54, 1.807) is 24.3 Å². The van der Waals surface area contributed by atoms with Crippen molar-refractivity contribution >= 4 is 11.6 Å². The zero-order chi connectivity index (χ0) is 13.0. The zero-order valence-corrected chi connectivity index (χ0v) is 10.3. The van der Waals surface area contributed by atoms with Gasteiger partial charge in [-0.05, 0) is 36.8 Å². The predicted octanol–water partition coefficient (Wildman–Crippen LogP) is 2.51. The number of amides is 1. The normalized spacial score (nSPS) is 10.1. The van der Waals surface area contributed by atoms with Gasteiger partial charge in [0, 0.05) is 17.8 Å². The van der Waals surface area contributed by atoms with E-state index in [0.29, 0.717) is 17.8 Å². The molecule has 0 radical (unpaired) electrons. The second kappa shape index (κ2) is 5.36. The smallest absolute Gasteiger partial charge is 0.251 e. The summed E-state index contributed by atoms with van der Waals surface area (Å²) in [6.07, 6.45) is 0. The summed E-state index contributed by atoms with van der Waals surface area (Å²) in [6.45, 7) is 2.57. The quantitative estimate of drug-likeness (QED) is 0.810. The molecule has 3 N–H and O–H groups in total. The van der Waals surface area contributed by atoms with Crippen LogP contribution < -0.4 is 11.1 Å². The molecule has 0 aliphatic heterocycles. The van der Waals surface area contributed by atoms with Crippen LogP contribution in [-0.4, -0.2) is 5.91 Å². The number of nitrogen functional groups attached to an aromatic ring is 1. The average molecular weight is 240 g/mol. The van der Waals surface area contributed by atoms with E-state index in [1.807, 2.05) is 31.2 Å². The van der Waals surface area contributed by atoms with Crippen molar-refractivity contribution in [3.63, 3.8) is 0 Å². The first-order valence-electron chi connectivity index (χ1n) is 5.84. The molecular formula is C15H16N2O. The van der Waals surface area contributed by atoms with Gasteiger partial charge in [-0.1, -0.05) is 29.8 Å². The lowest BCUT2D eigenvalue weighted by Gasteiger charge is -2.06. The van der Waals surface area contributed by atoms with Crippen LogP contribution in [0, 0.1) is 6.92 Å². The maximum atomic E-state index is 11.8. The number of benzene rings is 2. The lowest BCUT2D eigenvalue weighted by Crippen LogP contribution is -2.22. The molecule has 0 saturated carbocycles. The number of nitrogens with one attached hydrogen (secondary N) is 1. The maximum absolute atomic E-state index is 11.8. The SMILES string of the molecule is Cc1ccc(CNC(=O)c2ccc(N)cc2)cc1. The minimum atomic E-state index is -0.0874. The van der Waals surface area contributed by atoms with Crippen molar-refractivity contribution in [3.05, 3.63) is 65.2 Å². The molecule has 1 amide bonds. The molecule has 0 aliphatic rings. The average Bonchev–Trinajstić information content (AvgIpc) is 2.38. The van der Waals surface area contributed by atoms with Crippen molar-refractivity contribution in [2.24, 2.45) is 0 Å². The van der Waals surface area contributed by atoms with Crippen LogP contribution in [0.2, 0.25) is 0 Å². The molecule has 0 atom stereocenters. The minimum Gasteiger partial charge on any atom is -0.399 e. The Bertz CT molecular complexity index is 529. The van der Waals surface area contributed by atoms with E-state index in [-0.39, 0.29) is 5.91 Å².